The minimum absolute atomic E-state index is 0.145. The van der Waals surface area contributed by atoms with E-state index in [-0.39, 0.29) is 36.2 Å². The van der Waals surface area contributed by atoms with Gasteiger partial charge in [-0.05, 0) is 29.8 Å². The van der Waals surface area contributed by atoms with Gasteiger partial charge in [0.15, 0.2) is 11.4 Å². The number of nitrogens with one attached hydrogen (secondary N) is 2. The van der Waals surface area contributed by atoms with Crippen molar-refractivity contribution in [2.75, 3.05) is 5.32 Å². The largest absolute Gasteiger partial charge is 0.459 e. The zero-order valence-electron chi connectivity index (χ0n) is 16.0. The lowest BCUT2D eigenvalue weighted by molar-refractivity contribution is -0.121. The quantitative estimate of drug-likeness (QED) is 0.497. The molecule has 30 heavy (non-hydrogen) atoms. The van der Waals surface area contributed by atoms with Crippen molar-refractivity contribution in [3.8, 4) is 0 Å². The number of nitrogens with zero attached hydrogens (tertiary/aromatic N) is 4. The fourth-order valence-electron chi connectivity index (χ4n) is 2.90. The Morgan fingerprint density at radius 1 is 1.17 bits per heavy atom. The van der Waals surface area contributed by atoms with Crippen LogP contribution in [0.15, 0.2) is 64.4 Å². The van der Waals surface area contributed by atoms with Gasteiger partial charge in [0.2, 0.25) is 5.91 Å². The number of rotatable bonds is 6. The molecule has 3 aromatic heterocycles. The van der Waals surface area contributed by atoms with Gasteiger partial charge in [-0.1, -0.05) is 12.1 Å². The number of furan rings is 1. The van der Waals surface area contributed by atoms with Crippen LogP contribution in [-0.4, -0.2) is 31.1 Å². The Bertz CT molecular complexity index is 1250. The first kappa shape index (κ1) is 19.1. The molecule has 10 heteroatoms. The summed E-state index contributed by atoms with van der Waals surface area (Å²) >= 11 is 0. The molecule has 0 saturated carbocycles. The number of carbonyl (C=O) groups is 2. The average Bonchev–Trinajstić information content (AvgIpc) is 3.40. The summed E-state index contributed by atoms with van der Waals surface area (Å²) in [5, 5.41) is 9.84. The molecular weight excluding hydrogens is 388 g/mol. The van der Waals surface area contributed by atoms with E-state index >= 15 is 0 Å². The summed E-state index contributed by atoms with van der Waals surface area (Å²) in [4.78, 5) is 40.8. The van der Waals surface area contributed by atoms with E-state index in [1.807, 2.05) is 0 Å². The summed E-state index contributed by atoms with van der Waals surface area (Å²) in [5.74, 6) is -0.441. The van der Waals surface area contributed by atoms with E-state index in [0.717, 1.165) is 5.56 Å². The lowest BCUT2D eigenvalue weighted by Crippen LogP contribution is -2.32. The third-order valence-electron chi connectivity index (χ3n) is 4.48. The van der Waals surface area contributed by atoms with Crippen LogP contribution in [0.5, 0.6) is 0 Å². The monoisotopic (exact) mass is 406 g/mol. The van der Waals surface area contributed by atoms with E-state index in [4.69, 9.17) is 4.42 Å². The van der Waals surface area contributed by atoms with Crippen LogP contribution in [0.1, 0.15) is 16.1 Å². The number of aryl methyl sites for hydroxylation is 1. The Hall–Kier alpha value is -4.21. The van der Waals surface area contributed by atoms with Crippen molar-refractivity contribution >= 4 is 28.5 Å². The predicted octanol–water partition coefficient (Wildman–Crippen LogP) is 1.29. The summed E-state index contributed by atoms with van der Waals surface area (Å²) in [6.07, 6.45) is 4.20. The average molecular weight is 406 g/mol. The van der Waals surface area contributed by atoms with Gasteiger partial charge in [-0.2, -0.15) is 5.10 Å². The van der Waals surface area contributed by atoms with Crippen LogP contribution in [0, 0.1) is 0 Å². The van der Waals surface area contributed by atoms with Crippen molar-refractivity contribution in [3.63, 3.8) is 0 Å². The van der Waals surface area contributed by atoms with Crippen LogP contribution in [0.2, 0.25) is 0 Å². The Morgan fingerprint density at radius 2 is 1.97 bits per heavy atom. The van der Waals surface area contributed by atoms with E-state index < -0.39 is 0 Å². The number of hydrogen-bond donors (Lipinski definition) is 2. The molecular formula is C20H18N6O4. The molecule has 0 bridgehead atoms. The normalized spacial score (nSPS) is 10.8. The molecule has 4 aromatic rings. The maximum atomic E-state index is 12.4. The van der Waals surface area contributed by atoms with E-state index in [1.54, 1.807) is 43.4 Å². The first-order chi connectivity index (χ1) is 14.5. The Kier molecular flexibility index (Phi) is 5.12. The van der Waals surface area contributed by atoms with E-state index in [2.05, 4.69) is 20.7 Å². The summed E-state index contributed by atoms with van der Waals surface area (Å²) in [7, 11) is 1.69. The molecule has 1 aromatic carbocycles. The highest BCUT2D eigenvalue weighted by molar-refractivity contribution is 6.02. The Morgan fingerprint density at radius 3 is 2.70 bits per heavy atom. The second-order valence-corrected chi connectivity index (χ2v) is 6.59. The number of anilines is 1. The topological polar surface area (TPSA) is 124 Å². The lowest BCUT2D eigenvalue weighted by Gasteiger charge is -2.08. The molecule has 0 unspecified atom stereocenters. The number of hydrogen-bond acceptors (Lipinski definition) is 6. The highest BCUT2D eigenvalue weighted by Gasteiger charge is 2.11. The van der Waals surface area contributed by atoms with Crippen LogP contribution >= 0.6 is 0 Å². The number of benzene rings is 1. The Labute approximate surface area is 170 Å². The molecule has 0 radical (unpaired) electrons. The standard InChI is InChI=1S/C20H18N6O4/c1-25-18-15(10-23-25)20(29)26(12-22-18)11-17(27)21-9-13-4-6-14(7-5-13)24-19(28)16-3-2-8-30-16/h2-8,10,12H,9,11H2,1H3,(H,21,27)(H,24,28). The minimum Gasteiger partial charge on any atom is -0.459 e. The molecule has 152 valence electrons. The first-order valence-electron chi connectivity index (χ1n) is 9.09. The van der Waals surface area contributed by atoms with Gasteiger partial charge in [0, 0.05) is 19.3 Å². The van der Waals surface area contributed by atoms with Crippen molar-refractivity contribution in [1.29, 1.82) is 0 Å². The predicted molar refractivity (Wildman–Crippen MR) is 108 cm³/mol. The molecule has 3 heterocycles. The van der Waals surface area contributed by atoms with Gasteiger partial charge >= 0.3 is 0 Å². The summed E-state index contributed by atoms with van der Waals surface area (Å²) in [6.45, 7) is 0.135. The molecule has 0 spiro atoms. The van der Waals surface area contributed by atoms with Gasteiger partial charge < -0.3 is 15.1 Å². The molecule has 0 fully saturated rings. The van der Waals surface area contributed by atoms with Gasteiger partial charge in [-0.25, -0.2) is 4.98 Å². The smallest absolute Gasteiger partial charge is 0.291 e. The second-order valence-electron chi connectivity index (χ2n) is 6.59. The van der Waals surface area contributed by atoms with Gasteiger partial charge in [-0.3, -0.25) is 23.6 Å². The highest BCUT2D eigenvalue weighted by Crippen LogP contribution is 2.12. The summed E-state index contributed by atoms with van der Waals surface area (Å²) < 4.78 is 7.79. The van der Waals surface area contributed by atoms with Gasteiger partial charge in [0.25, 0.3) is 11.5 Å². The molecule has 2 N–H and O–H groups in total. The van der Waals surface area contributed by atoms with Gasteiger partial charge in [0.1, 0.15) is 18.3 Å². The van der Waals surface area contributed by atoms with Crippen LogP contribution < -0.4 is 16.2 Å². The summed E-state index contributed by atoms with van der Waals surface area (Å²) in [6, 6.07) is 10.2. The summed E-state index contributed by atoms with van der Waals surface area (Å²) in [5.41, 5.74) is 1.59. The fraction of sp³-hybridized carbons (Fsp3) is 0.150. The molecule has 0 aliphatic carbocycles. The maximum absolute atomic E-state index is 12.4. The first-order valence-corrected chi connectivity index (χ1v) is 9.09. The van der Waals surface area contributed by atoms with Crippen molar-refractivity contribution in [2.45, 2.75) is 13.1 Å². The van der Waals surface area contributed by atoms with Crippen LogP contribution in [-0.2, 0) is 24.9 Å². The third kappa shape index (κ3) is 3.97. The molecule has 10 nitrogen and oxygen atoms in total. The Balaban J connectivity index is 1.33. The third-order valence-corrected chi connectivity index (χ3v) is 4.48. The number of amides is 2. The maximum Gasteiger partial charge on any atom is 0.291 e. The van der Waals surface area contributed by atoms with Gasteiger partial charge in [-0.15, -0.1) is 0 Å². The molecule has 0 aliphatic rings. The van der Waals surface area contributed by atoms with E-state index in [1.165, 1.54) is 28.0 Å². The molecule has 0 atom stereocenters. The minimum atomic E-state index is -0.342. The highest BCUT2D eigenvalue weighted by atomic mass is 16.3. The number of carbonyl (C=O) groups excluding carboxylic acids is 2. The van der Waals surface area contributed by atoms with Gasteiger partial charge in [0.05, 0.1) is 12.5 Å². The number of fused-ring (bicyclic) bond motifs is 1. The van der Waals surface area contributed by atoms with Crippen LogP contribution in [0.3, 0.4) is 0 Å². The van der Waals surface area contributed by atoms with E-state index in [9.17, 15) is 14.4 Å². The molecule has 4 rings (SSSR count). The van der Waals surface area contributed by atoms with Crippen molar-refractivity contribution in [3.05, 3.63) is 76.9 Å². The fourth-order valence-corrected chi connectivity index (χ4v) is 2.90. The number of aromatic nitrogens is 4. The molecule has 0 aliphatic heterocycles. The zero-order chi connectivity index (χ0) is 21.1. The van der Waals surface area contributed by atoms with Crippen LogP contribution in [0.25, 0.3) is 11.0 Å². The lowest BCUT2D eigenvalue weighted by atomic mass is 10.2. The van der Waals surface area contributed by atoms with Crippen molar-refractivity contribution < 1.29 is 14.0 Å². The second kappa shape index (κ2) is 8.03. The molecule has 2 amide bonds. The SMILES string of the molecule is Cn1ncc2c(=O)n(CC(=O)NCc3ccc(NC(=O)c4ccco4)cc3)cnc21. The molecule has 0 saturated heterocycles. The zero-order valence-corrected chi connectivity index (χ0v) is 16.0. The van der Waals surface area contributed by atoms with Crippen molar-refractivity contribution in [2.24, 2.45) is 7.05 Å². The van der Waals surface area contributed by atoms with Crippen LogP contribution in [0.4, 0.5) is 5.69 Å². The van der Waals surface area contributed by atoms with E-state index in [0.29, 0.717) is 16.7 Å². The van der Waals surface area contributed by atoms with Crippen molar-refractivity contribution in [1.82, 2.24) is 24.6 Å².